The van der Waals surface area contributed by atoms with Gasteiger partial charge >= 0.3 is 0 Å². The van der Waals surface area contributed by atoms with Crippen molar-refractivity contribution in [3.63, 3.8) is 0 Å². The Kier molecular flexibility index (Phi) is 3.25. The number of nitrogens with two attached hydrogens (primary N) is 1. The van der Waals surface area contributed by atoms with Gasteiger partial charge in [0.1, 0.15) is 6.10 Å². The fraction of sp³-hybridized carbons (Fsp3) is 0.200. The van der Waals surface area contributed by atoms with E-state index in [2.05, 4.69) is 34.4 Å². The first-order chi connectivity index (χ1) is 9.36. The second kappa shape index (κ2) is 5.20. The summed E-state index contributed by atoms with van der Waals surface area (Å²) in [5.74, 6) is 0. The molecular weight excluding hydrogens is 238 g/mol. The average Bonchev–Trinajstić information content (AvgIpc) is 2.97. The number of pyridine rings is 1. The molecule has 0 spiro atoms. The summed E-state index contributed by atoms with van der Waals surface area (Å²) >= 11 is 0. The molecular formula is C15H15N3O. The van der Waals surface area contributed by atoms with Crippen LogP contribution >= 0.6 is 0 Å². The fourth-order valence-electron chi connectivity index (χ4n) is 2.11. The number of rotatable bonds is 3. The normalized spacial score (nSPS) is 17.9. The van der Waals surface area contributed by atoms with Crippen molar-refractivity contribution in [2.75, 3.05) is 6.54 Å². The first-order valence-electron chi connectivity index (χ1n) is 6.30. The maximum Gasteiger partial charge on any atom is 0.145 e. The molecule has 1 aliphatic heterocycles. The van der Waals surface area contributed by atoms with E-state index in [4.69, 9.17) is 10.6 Å². The van der Waals surface area contributed by atoms with Crippen molar-refractivity contribution in [1.29, 1.82) is 0 Å². The summed E-state index contributed by atoms with van der Waals surface area (Å²) in [6, 6.07) is 12.2. The van der Waals surface area contributed by atoms with Crippen molar-refractivity contribution in [3.8, 4) is 11.1 Å². The minimum atomic E-state index is 0.0213. The van der Waals surface area contributed by atoms with Gasteiger partial charge in [-0.15, -0.1) is 0 Å². The van der Waals surface area contributed by atoms with Crippen LogP contribution < -0.4 is 5.73 Å². The van der Waals surface area contributed by atoms with Crippen LogP contribution in [0.3, 0.4) is 0 Å². The average molecular weight is 253 g/mol. The molecule has 2 N–H and O–H groups in total. The van der Waals surface area contributed by atoms with Gasteiger partial charge in [0.15, 0.2) is 0 Å². The quantitative estimate of drug-likeness (QED) is 0.912. The Bertz CT molecular complexity index is 578. The monoisotopic (exact) mass is 253 g/mol. The van der Waals surface area contributed by atoms with Crippen molar-refractivity contribution in [1.82, 2.24) is 4.98 Å². The Balaban J connectivity index is 1.80. The number of hydrogen-bond acceptors (Lipinski definition) is 4. The van der Waals surface area contributed by atoms with Gasteiger partial charge < -0.3 is 10.6 Å². The second-order valence-corrected chi connectivity index (χ2v) is 4.52. The van der Waals surface area contributed by atoms with Crippen molar-refractivity contribution in [2.24, 2.45) is 10.9 Å². The van der Waals surface area contributed by atoms with E-state index in [1.54, 1.807) is 6.20 Å². The molecule has 19 heavy (non-hydrogen) atoms. The zero-order valence-electron chi connectivity index (χ0n) is 10.5. The lowest BCUT2D eigenvalue weighted by molar-refractivity contribution is 0.0918. The third-order valence-corrected chi connectivity index (χ3v) is 3.21. The maximum absolute atomic E-state index is 5.57. The summed E-state index contributed by atoms with van der Waals surface area (Å²) in [5, 5.41) is 4.08. The summed E-state index contributed by atoms with van der Waals surface area (Å²) in [4.78, 5) is 9.36. The number of benzene rings is 1. The summed E-state index contributed by atoms with van der Waals surface area (Å²) in [5.41, 5.74) is 9.88. The molecule has 0 aliphatic carbocycles. The molecule has 0 saturated carbocycles. The molecule has 2 aromatic rings. The third kappa shape index (κ3) is 2.48. The van der Waals surface area contributed by atoms with Crippen LogP contribution in [-0.2, 0) is 4.84 Å². The molecule has 0 fully saturated rings. The Morgan fingerprint density at radius 3 is 2.53 bits per heavy atom. The molecule has 0 amide bonds. The van der Waals surface area contributed by atoms with Crippen molar-refractivity contribution in [2.45, 2.75) is 12.5 Å². The molecule has 1 aromatic heterocycles. The van der Waals surface area contributed by atoms with Gasteiger partial charge in [-0.3, -0.25) is 4.98 Å². The molecule has 2 heterocycles. The number of aromatic nitrogens is 1. The molecule has 0 radical (unpaired) electrons. The Morgan fingerprint density at radius 1 is 1.11 bits per heavy atom. The predicted octanol–water partition coefficient (Wildman–Crippen LogP) is 2.20. The van der Waals surface area contributed by atoms with Gasteiger partial charge in [-0.1, -0.05) is 35.5 Å². The van der Waals surface area contributed by atoms with Crippen LogP contribution in [0.1, 0.15) is 12.0 Å². The van der Waals surface area contributed by atoms with Crippen molar-refractivity contribution >= 4 is 5.71 Å². The van der Waals surface area contributed by atoms with E-state index in [1.807, 2.05) is 18.3 Å². The zero-order valence-corrected chi connectivity index (χ0v) is 10.5. The molecule has 1 aromatic carbocycles. The molecule has 0 bridgehead atoms. The lowest BCUT2D eigenvalue weighted by atomic mass is 10.0. The van der Waals surface area contributed by atoms with E-state index in [0.29, 0.717) is 6.54 Å². The maximum atomic E-state index is 5.57. The minimum Gasteiger partial charge on any atom is -0.390 e. The Morgan fingerprint density at radius 2 is 1.89 bits per heavy atom. The van der Waals surface area contributed by atoms with Crippen LogP contribution in [0.2, 0.25) is 0 Å². The summed E-state index contributed by atoms with van der Waals surface area (Å²) in [6.07, 6.45) is 4.43. The molecule has 4 nitrogen and oxygen atoms in total. The standard InChI is InChI=1S/C15H15N3O/c16-9-14-8-15(18-19-14)12-5-3-11(4-6-12)13-2-1-7-17-10-13/h1-7,10,14H,8-9,16H2. The smallest absolute Gasteiger partial charge is 0.145 e. The number of oxime groups is 1. The van der Waals surface area contributed by atoms with E-state index in [1.165, 1.54) is 0 Å². The molecule has 0 saturated heterocycles. The van der Waals surface area contributed by atoms with Gasteiger partial charge in [0.05, 0.1) is 5.71 Å². The minimum absolute atomic E-state index is 0.0213. The van der Waals surface area contributed by atoms with Gasteiger partial charge in [0.25, 0.3) is 0 Å². The van der Waals surface area contributed by atoms with Crippen LogP contribution in [0.15, 0.2) is 53.9 Å². The lowest BCUT2D eigenvalue weighted by Crippen LogP contribution is -2.20. The fourth-order valence-corrected chi connectivity index (χ4v) is 2.11. The highest BCUT2D eigenvalue weighted by atomic mass is 16.6. The van der Waals surface area contributed by atoms with Gasteiger partial charge in [0, 0.05) is 25.4 Å². The lowest BCUT2D eigenvalue weighted by Gasteiger charge is -2.04. The first-order valence-corrected chi connectivity index (χ1v) is 6.30. The van der Waals surface area contributed by atoms with E-state index in [9.17, 15) is 0 Å². The van der Waals surface area contributed by atoms with Gasteiger partial charge in [0.2, 0.25) is 0 Å². The van der Waals surface area contributed by atoms with E-state index < -0.39 is 0 Å². The summed E-state index contributed by atoms with van der Waals surface area (Å²) in [6.45, 7) is 0.501. The van der Waals surface area contributed by atoms with E-state index in [-0.39, 0.29) is 6.10 Å². The van der Waals surface area contributed by atoms with Crippen LogP contribution in [0.25, 0.3) is 11.1 Å². The third-order valence-electron chi connectivity index (χ3n) is 3.21. The topological polar surface area (TPSA) is 60.5 Å². The Hall–Kier alpha value is -2.20. The number of hydrogen-bond donors (Lipinski definition) is 1. The molecule has 3 rings (SSSR count). The first kappa shape index (κ1) is 11.9. The highest BCUT2D eigenvalue weighted by Gasteiger charge is 2.20. The van der Waals surface area contributed by atoms with Crippen LogP contribution in [0.4, 0.5) is 0 Å². The van der Waals surface area contributed by atoms with E-state index >= 15 is 0 Å². The van der Waals surface area contributed by atoms with Crippen LogP contribution in [-0.4, -0.2) is 23.3 Å². The summed E-state index contributed by atoms with van der Waals surface area (Å²) in [7, 11) is 0. The van der Waals surface area contributed by atoms with Crippen molar-refractivity contribution in [3.05, 3.63) is 54.4 Å². The van der Waals surface area contributed by atoms with Crippen LogP contribution in [0.5, 0.6) is 0 Å². The summed E-state index contributed by atoms with van der Waals surface area (Å²) < 4.78 is 0. The molecule has 96 valence electrons. The molecule has 1 aliphatic rings. The number of nitrogens with zero attached hydrogens (tertiary/aromatic N) is 2. The Labute approximate surface area is 111 Å². The van der Waals surface area contributed by atoms with Gasteiger partial charge in [-0.25, -0.2) is 0 Å². The molecule has 1 atom stereocenters. The molecule has 4 heteroatoms. The second-order valence-electron chi connectivity index (χ2n) is 4.52. The largest absolute Gasteiger partial charge is 0.390 e. The predicted molar refractivity (Wildman–Crippen MR) is 74.8 cm³/mol. The van der Waals surface area contributed by atoms with Gasteiger partial charge in [-0.2, -0.15) is 0 Å². The van der Waals surface area contributed by atoms with Crippen LogP contribution in [0, 0.1) is 0 Å². The molecule has 1 unspecified atom stereocenters. The highest BCUT2D eigenvalue weighted by molar-refractivity contribution is 6.01. The van der Waals surface area contributed by atoms with E-state index in [0.717, 1.165) is 28.8 Å². The zero-order chi connectivity index (χ0) is 13.1. The highest BCUT2D eigenvalue weighted by Crippen LogP contribution is 2.21. The SMILES string of the molecule is NCC1CC(c2ccc(-c3cccnc3)cc2)=NO1. The van der Waals surface area contributed by atoms with Gasteiger partial charge in [-0.05, 0) is 22.8 Å². The van der Waals surface area contributed by atoms with Crippen molar-refractivity contribution < 1.29 is 4.84 Å².